The summed E-state index contributed by atoms with van der Waals surface area (Å²) in [7, 11) is 0. The quantitative estimate of drug-likeness (QED) is 0.740. The molecule has 0 aromatic heterocycles. The number of aromatic carboxylic acids is 1. The van der Waals surface area contributed by atoms with E-state index in [1.807, 2.05) is 41.3 Å². The van der Waals surface area contributed by atoms with E-state index in [1.54, 1.807) is 18.2 Å². The number of aliphatic hydroxyl groups is 1. The average molecular weight is 436 g/mol. The maximum atomic E-state index is 13.1. The van der Waals surface area contributed by atoms with Crippen molar-refractivity contribution in [2.24, 2.45) is 0 Å². The largest absolute Gasteiger partial charge is 0.478 e. The minimum absolute atomic E-state index is 0.142. The lowest BCUT2D eigenvalue weighted by molar-refractivity contribution is -0.150. The number of piperazine rings is 1. The molecule has 2 N–H and O–H groups in total. The molecule has 3 aliphatic heterocycles. The molecule has 7 heteroatoms. The summed E-state index contributed by atoms with van der Waals surface area (Å²) in [6.07, 6.45) is 0.762. The number of fused-ring (bicyclic) bond motifs is 2. The lowest BCUT2D eigenvalue weighted by Gasteiger charge is -2.61. The van der Waals surface area contributed by atoms with Crippen LogP contribution in [0.15, 0.2) is 54.6 Å². The number of nitrogens with zero attached hydrogens (tertiary/aromatic N) is 3. The molecule has 0 saturated carbocycles. The van der Waals surface area contributed by atoms with Crippen molar-refractivity contribution in [2.75, 3.05) is 32.7 Å². The Kier molecular flexibility index (Phi) is 5.49. The minimum Gasteiger partial charge on any atom is -0.478 e. The minimum atomic E-state index is -0.916. The second-order valence-corrected chi connectivity index (χ2v) is 9.51. The van der Waals surface area contributed by atoms with Crippen LogP contribution >= 0.6 is 0 Å². The van der Waals surface area contributed by atoms with Gasteiger partial charge in [0.05, 0.1) is 23.6 Å². The molecule has 168 valence electrons. The molecule has 3 aliphatic rings. The van der Waals surface area contributed by atoms with Gasteiger partial charge in [0.15, 0.2) is 0 Å². The van der Waals surface area contributed by atoms with Gasteiger partial charge in [-0.2, -0.15) is 0 Å². The molecule has 2 atom stereocenters. The normalized spacial score (nSPS) is 24.8. The number of aliphatic hydroxyl groups excluding tert-OH is 1. The van der Waals surface area contributed by atoms with E-state index < -0.39 is 5.97 Å². The van der Waals surface area contributed by atoms with Crippen LogP contribution in [0, 0.1) is 0 Å². The highest BCUT2D eigenvalue weighted by Gasteiger charge is 2.56. The van der Waals surface area contributed by atoms with Crippen molar-refractivity contribution in [3.8, 4) is 0 Å². The zero-order chi connectivity index (χ0) is 22.3. The summed E-state index contributed by atoms with van der Waals surface area (Å²) in [4.78, 5) is 31.1. The number of hydrogen-bond donors (Lipinski definition) is 2. The van der Waals surface area contributed by atoms with Gasteiger partial charge in [-0.1, -0.05) is 42.5 Å². The molecule has 0 bridgehead atoms. The first-order chi connectivity index (χ1) is 15.4. The van der Waals surface area contributed by atoms with Gasteiger partial charge in [0.25, 0.3) is 0 Å². The van der Waals surface area contributed by atoms with Crippen LogP contribution in [-0.4, -0.2) is 87.2 Å². The van der Waals surface area contributed by atoms with Crippen molar-refractivity contribution in [3.63, 3.8) is 0 Å². The SMILES string of the molecule is O=C(O)c1cccc(CN2CC3(C2)CN(C(=O)Cc2ccccc2)C[C@H]2C[C@@H](O)CN23)c1. The summed E-state index contributed by atoms with van der Waals surface area (Å²) in [6, 6.07) is 17.1. The Balaban J connectivity index is 1.28. The number of likely N-dealkylation sites (tertiary alicyclic amines) is 1. The number of benzene rings is 2. The van der Waals surface area contributed by atoms with Crippen molar-refractivity contribution in [2.45, 2.75) is 37.1 Å². The van der Waals surface area contributed by atoms with E-state index in [4.69, 9.17) is 0 Å². The molecule has 3 saturated heterocycles. The summed E-state index contributed by atoms with van der Waals surface area (Å²) in [5.74, 6) is -0.773. The molecule has 0 aliphatic carbocycles. The third kappa shape index (κ3) is 4.03. The molecule has 5 rings (SSSR count). The summed E-state index contributed by atoms with van der Waals surface area (Å²) < 4.78 is 0. The van der Waals surface area contributed by atoms with Gasteiger partial charge in [0.1, 0.15) is 0 Å². The molecule has 1 amide bonds. The van der Waals surface area contributed by atoms with Crippen LogP contribution in [-0.2, 0) is 17.8 Å². The number of carbonyl (C=O) groups is 2. The van der Waals surface area contributed by atoms with Crippen LogP contribution in [0.3, 0.4) is 0 Å². The monoisotopic (exact) mass is 435 g/mol. The van der Waals surface area contributed by atoms with Gasteiger partial charge >= 0.3 is 5.97 Å². The predicted molar refractivity (Wildman–Crippen MR) is 119 cm³/mol. The van der Waals surface area contributed by atoms with E-state index in [1.165, 1.54) is 0 Å². The van der Waals surface area contributed by atoms with Gasteiger partial charge in [-0.05, 0) is 29.7 Å². The number of hydrogen-bond acceptors (Lipinski definition) is 5. The highest BCUT2D eigenvalue weighted by atomic mass is 16.4. The van der Waals surface area contributed by atoms with Gasteiger partial charge in [-0.3, -0.25) is 14.6 Å². The van der Waals surface area contributed by atoms with Crippen molar-refractivity contribution >= 4 is 11.9 Å². The van der Waals surface area contributed by atoms with Crippen LogP contribution in [0.1, 0.15) is 27.9 Å². The number of rotatable bonds is 5. The smallest absolute Gasteiger partial charge is 0.335 e. The predicted octanol–water partition coefficient (Wildman–Crippen LogP) is 1.46. The molecule has 32 heavy (non-hydrogen) atoms. The summed E-state index contributed by atoms with van der Waals surface area (Å²) in [5.41, 5.74) is 2.16. The van der Waals surface area contributed by atoms with E-state index in [9.17, 15) is 19.8 Å². The highest BCUT2D eigenvalue weighted by Crippen LogP contribution is 2.39. The number of carbonyl (C=O) groups excluding carboxylic acids is 1. The fourth-order valence-electron chi connectivity index (χ4n) is 5.72. The van der Waals surface area contributed by atoms with Crippen LogP contribution in [0.5, 0.6) is 0 Å². The summed E-state index contributed by atoms with van der Waals surface area (Å²) in [6.45, 7) is 4.31. The number of carboxylic acids is 1. The number of carboxylic acid groups (broad SMARTS) is 1. The molecule has 3 fully saturated rings. The van der Waals surface area contributed by atoms with Gasteiger partial charge in [0, 0.05) is 45.3 Å². The zero-order valence-corrected chi connectivity index (χ0v) is 18.1. The second-order valence-electron chi connectivity index (χ2n) is 9.51. The van der Waals surface area contributed by atoms with Crippen LogP contribution in [0.2, 0.25) is 0 Å². The van der Waals surface area contributed by atoms with Crippen LogP contribution in [0.4, 0.5) is 0 Å². The van der Waals surface area contributed by atoms with Crippen molar-refractivity contribution in [3.05, 3.63) is 71.3 Å². The number of amides is 1. The van der Waals surface area contributed by atoms with Crippen LogP contribution in [0.25, 0.3) is 0 Å². The van der Waals surface area contributed by atoms with Crippen molar-refractivity contribution in [1.82, 2.24) is 14.7 Å². The van der Waals surface area contributed by atoms with Gasteiger partial charge < -0.3 is 15.1 Å². The molecule has 1 spiro atoms. The zero-order valence-electron chi connectivity index (χ0n) is 18.1. The first kappa shape index (κ1) is 21.1. The van der Waals surface area contributed by atoms with Crippen LogP contribution < -0.4 is 0 Å². The first-order valence-electron chi connectivity index (χ1n) is 11.2. The summed E-state index contributed by atoms with van der Waals surface area (Å²) >= 11 is 0. The van der Waals surface area contributed by atoms with Gasteiger partial charge in [-0.25, -0.2) is 4.79 Å². The Bertz CT molecular complexity index is 1010. The molecule has 7 nitrogen and oxygen atoms in total. The topological polar surface area (TPSA) is 84.3 Å². The van der Waals surface area contributed by atoms with E-state index in [0.29, 0.717) is 44.6 Å². The van der Waals surface area contributed by atoms with Gasteiger partial charge in [-0.15, -0.1) is 0 Å². The molecule has 2 aromatic carbocycles. The fourth-order valence-corrected chi connectivity index (χ4v) is 5.72. The standard InChI is InChI=1S/C25H29N3O4/c29-22-11-21-13-27(23(30)10-18-5-2-1-3-6-18)17-25(28(21)14-22)15-26(16-25)12-19-7-4-8-20(9-19)24(31)32/h1-9,21-22,29H,10-17H2,(H,31,32)/t21-,22-/m1/s1. The second kappa shape index (κ2) is 8.31. The van der Waals surface area contributed by atoms with E-state index in [2.05, 4.69) is 9.80 Å². The molecule has 0 unspecified atom stereocenters. The third-order valence-electron chi connectivity index (χ3n) is 7.08. The first-order valence-corrected chi connectivity index (χ1v) is 11.2. The summed E-state index contributed by atoms with van der Waals surface area (Å²) in [5, 5.41) is 19.6. The average Bonchev–Trinajstić information content (AvgIpc) is 3.14. The maximum Gasteiger partial charge on any atom is 0.335 e. The highest BCUT2D eigenvalue weighted by molar-refractivity contribution is 5.87. The van der Waals surface area contributed by atoms with Crippen molar-refractivity contribution in [1.29, 1.82) is 0 Å². The Morgan fingerprint density at radius 1 is 0.969 bits per heavy atom. The lowest BCUT2D eigenvalue weighted by Crippen LogP contribution is -2.78. The Morgan fingerprint density at radius 2 is 1.72 bits per heavy atom. The molecular formula is C25H29N3O4. The maximum absolute atomic E-state index is 13.1. The molecular weight excluding hydrogens is 406 g/mol. The Hall–Kier alpha value is -2.74. The fraction of sp³-hybridized carbons (Fsp3) is 0.440. The molecule has 2 aromatic rings. The third-order valence-corrected chi connectivity index (χ3v) is 7.08. The van der Waals surface area contributed by atoms with E-state index in [-0.39, 0.29) is 23.6 Å². The van der Waals surface area contributed by atoms with E-state index in [0.717, 1.165) is 24.2 Å². The number of β-amino-alcohol motifs (C(OH)–C–C–N with tert-alkyl or cyclic N) is 1. The lowest BCUT2D eigenvalue weighted by atomic mass is 9.83. The Morgan fingerprint density at radius 3 is 2.47 bits per heavy atom. The van der Waals surface area contributed by atoms with E-state index >= 15 is 0 Å². The Labute approximate surface area is 187 Å². The molecule has 3 heterocycles. The molecule has 0 radical (unpaired) electrons. The van der Waals surface area contributed by atoms with Crippen molar-refractivity contribution < 1.29 is 19.8 Å². The van der Waals surface area contributed by atoms with Gasteiger partial charge in [0.2, 0.25) is 5.91 Å².